The standard InChI is InChI=1S/C11H19N3O3/c1-2-17-8-10-7-11(13-9-12-10)14(3-5-15)4-6-16/h7,9,15-16H,2-6,8H2,1H3. The van der Waals surface area contributed by atoms with E-state index in [4.69, 9.17) is 14.9 Å². The van der Waals surface area contributed by atoms with Crippen LogP contribution in [0.1, 0.15) is 12.6 Å². The number of aliphatic hydroxyl groups excluding tert-OH is 2. The Bertz CT molecular complexity index is 317. The first kappa shape index (κ1) is 13.8. The van der Waals surface area contributed by atoms with Gasteiger partial charge in [-0.2, -0.15) is 0 Å². The van der Waals surface area contributed by atoms with Gasteiger partial charge in [0.15, 0.2) is 0 Å². The molecule has 6 nitrogen and oxygen atoms in total. The first-order valence-corrected chi connectivity index (χ1v) is 5.67. The molecule has 0 saturated heterocycles. The van der Waals surface area contributed by atoms with Crippen molar-refractivity contribution in [1.29, 1.82) is 0 Å². The minimum absolute atomic E-state index is 0.0186. The van der Waals surface area contributed by atoms with Crippen molar-refractivity contribution < 1.29 is 14.9 Å². The number of anilines is 1. The molecule has 0 atom stereocenters. The summed E-state index contributed by atoms with van der Waals surface area (Å²) >= 11 is 0. The number of aliphatic hydroxyl groups is 2. The highest BCUT2D eigenvalue weighted by atomic mass is 16.5. The minimum atomic E-state index is 0.0186. The molecule has 0 aliphatic carbocycles. The van der Waals surface area contributed by atoms with Gasteiger partial charge >= 0.3 is 0 Å². The van der Waals surface area contributed by atoms with E-state index in [1.54, 1.807) is 11.0 Å². The molecule has 17 heavy (non-hydrogen) atoms. The summed E-state index contributed by atoms with van der Waals surface area (Å²) in [4.78, 5) is 10.0. The highest BCUT2D eigenvalue weighted by Crippen LogP contribution is 2.11. The molecule has 1 rings (SSSR count). The van der Waals surface area contributed by atoms with E-state index in [0.29, 0.717) is 32.1 Å². The molecule has 2 N–H and O–H groups in total. The van der Waals surface area contributed by atoms with Crippen LogP contribution in [0, 0.1) is 0 Å². The summed E-state index contributed by atoms with van der Waals surface area (Å²) in [5, 5.41) is 17.9. The van der Waals surface area contributed by atoms with Gasteiger partial charge in [0.1, 0.15) is 12.1 Å². The minimum Gasteiger partial charge on any atom is -0.395 e. The van der Waals surface area contributed by atoms with Crippen LogP contribution in [0.4, 0.5) is 5.82 Å². The smallest absolute Gasteiger partial charge is 0.132 e. The number of hydrogen-bond donors (Lipinski definition) is 2. The number of aromatic nitrogens is 2. The molecule has 0 aromatic carbocycles. The fourth-order valence-corrected chi connectivity index (χ4v) is 1.43. The molecule has 0 bridgehead atoms. The third-order valence-corrected chi connectivity index (χ3v) is 2.23. The van der Waals surface area contributed by atoms with E-state index in [1.165, 1.54) is 6.33 Å². The summed E-state index contributed by atoms with van der Waals surface area (Å²) in [5.74, 6) is 0.692. The molecule has 0 fully saturated rings. The van der Waals surface area contributed by atoms with Gasteiger partial charge in [-0.3, -0.25) is 0 Å². The van der Waals surface area contributed by atoms with Crippen LogP contribution < -0.4 is 4.90 Å². The lowest BCUT2D eigenvalue weighted by atomic mass is 10.3. The summed E-state index contributed by atoms with van der Waals surface area (Å²) in [6, 6.07) is 1.81. The Morgan fingerprint density at radius 3 is 2.53 bits per heavy atom. The number of nitrogens with zero attached hydrogens (tertiary/aromatic N) is 3. The first-order chi connectivity index (χ1) is 8.31. The van der Waals surface area contributed by atoms with Crippen molar-refractivity contribution in [2.24, 2.45) is 0 Å². The van der Waals surface area contributed by atoms with Crippen LogP contribution in [0.25, 0.3) is 0 Å². The van der Waals surface area contributed by atoms with Gasteiger partial charge in [-0.05, 0) is 6.92 Å². The summed E-state index contributed by atoms with van der Waals surface area (Å²) in [7, 11) is 0. The van der Waals surface area contributed by atoms with Crippen molar-refractivity contribution in [3.05, 3.63) is 18.1 Å². The van der Waals surface area contributed by atoms with Crippen LogP contribution in [-0.2, 0) is 11.3 Å². The van der Waals surface area contributed by atoms with Gasteiger partial charge in [-0.1, -0.05) is 0 Å². The quantitative estimate of drug-likeness (QED) is 0.656. The molecule has 6 heteroatoms. The summed E-state index contributed by atoms with van der Waals surface area (Å²) < 4.78 is 5.27. The fraction of sp³-hybridized carbons (Fsp3) is 0.636. The second-order valence-corrected chi connectivity index (χ2v) is 3.44. The number of hydrogen-bond acceptors (Lipinski definition) is 6. The van der Waals surface area contributed by atoms with Crippen LogP contribution in [0.5, 0.6) is 0 Å². The van der Waals surface area contributed by atoms with Gasteiger partial charge < -0.3 is 19.8 Å². The topological polar surface area (TPSA) is 78.7 Å². The lowest BCUT2D eigenvalue weighted by Crippen LogP contribution is -2.30. The second-order valence-electron chi connectivity index (χ2n) is 3.44. The molecule has 0 unspecified atom stereocenters. The van der Waals surface area contributed by atoms with Gasteiger partial charge in [0, 0.05) is 25.8 Å². The van der Waals surface area contributed by atoms with Crippen molar-refractivity contribution in [2.75, 3.05) is 37.8 Å². The second kappa shape index (κ2) is 7.94. The number of rotatable bonds is 8. The molecule has 0 amide bonds. The first-order valence-electron chi connectivity index (χ1n) is 5.67. The summed E-state index contributed by atoms with van der Waals surface area (Å²) in [5.41, 5.74) is 0.790. The van der Waals surface area contributed by atoms with Gasteiger partial charge in [0.25, 0.3) is 0 Å². The van der Waals surface area contributed by atoms with Crippen LogP contribution in [0.15, 0.2) is 12.4 Å². The third-order valence-electron chi connectivity index (χ3n) is 2.23. The van der Waals surface area contributed by atoms with E-state index < -0.39 is 0 Å². The highest BCUT2D eigenvalue weighted by molar-refractivity contribution is 5.38. The molecule has 96 valence electrons. The Kier molecular flexibility index (Phi) is 6.46. The maximum absolute atomic E-state index is 8.94. The Labute approximate surface area is 101 Å². The summed E-state index contributed by atoms with van der Waals surface area (Å²) in [6.45, 7) is 3.91. The van der Waals surface area contributed by atoms with Crippen LogP contribution >= 0.6 is 0 Å². The zero-order valence-electron chi connectivity index (χ0n) is 10.0. The third kappa shape index (κ3) is 4.64. The molecule has 0 aliphatic heterocycles. The van der Waals surface area contributed by atoms with E-state index in [-0.39, 0.29) is 13.2 Å². The normalized spacial score (nSPS) is 10.5. The van der Waals surface area contributed by atoms with Gasteiger partial charge in [-0.25, -0.2) is 9.97 Å². The average Bonchev–Trinajstić information content (AvgIpc) is 2.36. The Balaban J connectivity index is 2.72. The van der Waals surface area contributed by atoms with E-state index in [0.717, 1.165) is 5.69 Å². The van der Waals surface area contributed by atoms with Gasteiger partial charge in [0.2, 0.25) is 0 Å². The predicted octanol–water partition coefficient (Wildman–Crippen LogP) is -0.196. The van der Waals surface area contributed by atoms with Crippen molar-refractivity contribution in [2.45, 2.75) is 13.5 Å². The lowest BCUT2D eigenvalue weighted by molar-refractivity contribution is 0.131. The van der Waals surface area contributed by atoms with Crippen LogP contribution in [-0.4, -0.2) is 53.1 Å². The largest absolute Gasteiger partial charge is 0.395 e. The Morgan fingerprint density at radius 1 is 1.24 bits per heavy atom. The Hall–Kier alpha value is -1.24. The fourth-order valence-electron chi connectivity index (χ4n) is 1.43. The van der Waals surface area contributed by atoms with Gasteiger partial charge in [0.05, 0.1) is 25.5 Å². The molecular formula is C11H19N3O3. The summed E-state index contributed by atoms with van der Waals surface area (Å²) in [6.07, 6.45) is 1.46. The number of ether oxygens (including phenoxy) is 1. The van der Waals surface area contributed by atoms with E-state index >= 15 is 0 Å². The van der Waals surface area contributed by atoms with Gasteiger partial charge in [-0.15, -0.1) is 0 Å². The lowest BCUT2D eigenvalue weighted by Gasteiger charge is -2.21. The predicted molar refractivity (Wildman–Crippen MR) is 63.7 cm³/mol. The molecule has 0 saturated carbocycles. The Morgan fingerprint density at radius 2 is 1.94 bits per heavy atom. The van der Waals surface area contributed by atoms with Crippen molar-refractivity contribution in [1.82, 2.24) is 9.97 Å². The molecule has 0 radical (unpaired) electrons. The van der Waals surface area contributed by atoms with Crippen LogP contribution in [0.3, 0.4) is 0 Å². The zero-order valence-corrected chi connectivity index (χ0v) is 10.0. The molecule has 0 aliphatic rings. The zero-order chi connectivity index (χ0) is 12.5. The van der Waals surface area contributed by atoms with E-state index in [2.05, 4.69) is 9.97 Å². The van der Waals surface area contributed by atoms with Crippen molar-refractivity contribution in [3.63, 3.8) is 0 Å². The maximum Gasteiger partial charge on any atom is 0.132 e. The molecular weight excluding hydrogens is 222 g/mol. The van der Waals surface area contributed by atoms with Crippen LogP contribution in [0.2, 0.25) is 0 Å². The molecule has 0 spiro atoms. The maximum atomic E-state index is 8.94. The average molecular weight is 241 g/mol. The van der Waals surface area contributed by atoms with E-state index in [1.807, 2.05) is 6.92 Å². The van der Waals surface area contributed by atoms with Crippen molar-refractivity contribution >= 4 is 5.82 Å². The molecule has 1 aromatic rings. The molecule has 1 heterocycles. The van der Waals surface area contributed by atoms with E-state index in [9.17, 15) is 0 Å². The molecule has 1 aromatic heterocycles. The van der Waals surface area contributed by atoms with Crippen molar-refractivity contribution in [3.8, 4) is 0 Å². The monoisotopic (exact) mass is 241 g/mol. The SMILES string of the molecule is CCOCc1cc(N(CCO)CCO)ncn1. The highest BCUT2D eigenvalue weighted by Gasteiger charge is 2.08.